The number of fused-ring (bicyclic) bond motifs is 2. The van der Waals surface area contributed by atoms with Crippen molar-refractivity contribution in [3.8, 4) is 0 Å². The number of aromatic carboxylic acids is 1. The van der Waals surface area contributed by atoms with Crippen molar-refractivity contribution in [2.45, 2.75) is 19.8 Å². The van der Waals surface area contributed by atoms with Gasteiger partial charge in [0.15, 0.2) is 0 Å². The number of nitrogens with zero attached hydrogens (tertiary/aromatic N) is 2. The minimum atomic E-state index is -0.914. The van der Waals surface area contributed by atoms with Gasteiger partial charge in [0.1, 0.15) is 0 Å². The predicted octanol–water partition coefficient (Wildman–Crippen LogP) is 6.07. The van der Waals surface area contributed by atoms with Gasteiger partial charge in [0.25, 0.3) is 0 Å². The van der Waals surface area contributed by atoms with Crippen LogP contribution in [-0.4, -0.2) is 41.5 Å². The quantitative estimate of drug-likeness (QED) is 0.471. The van der Waals surface area contributed by atoms with Crippen molar-refractivity contribution >= 4 is 58.1 Å². The molecule has 1 amide bonds. The Bertz CT molecular complexity index is 1210. The minimum Gasteiger partial charge on any atom is -0.478 e. The van der Waals surface area contributed by atoms with E-state index >= 15 is 0 Å². The SMILES string of the molecule is CC1C/C(=C/c2ccc(Cl)cc2Cl)c2nc3ccccc3c(C(=O)O)c2C1.CN(C)C=O. The van der Waals surface area contributed by atoms with Crippen molar-refractivity contribution in [2.24, 2.45) is 5.92 Å². The summed E-state index contributed by atoms with van der Waals surface area (Å²) in [5.74, 6) is -0.598. The lowest BCUT2D eigenvalue weighted by Crippen LogP contribution is -2.17. The Kier molecular flexibility index (Phi) is 7.54. The van der Waals surface area contributed by atoms with Gasteiger partial charge >= 0.3 is 5.97 Å². The maximum atomic E-state index is 12.1. The lowest BCUT2D eigenvalue weighted by Gasteiger charge is -2.26. The van der Waals surface area contributed by atoms with E-state index in [1.165, 1.54) is 4.90 Å². The van der Waals surface area contributed by atoms with E-state index in [0.29, 0.717) is 38.9 Å². The molecule has 5 nitrogen and oxygen atoms in total. The zero-order chi connectivity index (χ0) is 23.4. The molecule has 0 radical (unpaired) electrons. The minimum absolute atomic E-state index is 0.316. The molecule has 1 N–H and O–H groups in total. The van der Waals surface area contributed by atoms with Crippen LogP contribution in [0.4, 0.5) is 0 Å². The molecule has 4 rings (SSSR count). The van der Waals surface area contributed by atoms with Crippen LogP contribution in [-0.2, 0) is 11.2 Å². The van der Waals surface area contributed by atoms with Gasteiger partial charge in [0.2, 0.25) is 6.41 Å². The second-order valence-electron chi connectivity index (χ2n) is 8.05. The summed E-state index contributed by atoms with van der Waals surface area (Å²) in [6.07, 6.45) is 4.26. The molecular weight excluding hydrogens is 447 g/mol. The van der Waals surface area contributed by atoms with E-state index in [1.54, 1.807) is 26.2 Å². The van der Waals surface area contributed by atoms with Crippen LogP contribution in [0.5, 0.6) is 0 Å². The van der Waals surface area contributed by atoms with Crippen molar-refractivity contribution < 1.29 is 14.7 Å². The molecule has 1 heterocycles. The second kappa shape index (κ2) is 10.2. The molecule has 166 valence electrons. The molecule has 1 atom stereocenters. The Balaban J connectivity index is 0.000000523. The summed E-state index contributed by atoms with van der Waals surface area (Å²) in [4.78, 5) is 27.8. The van der Waals surface area contributed by atoms with Gasteiger partial charge in [-0.1, -0.05) is 54.4 Å². The van der Waals surface area contributed by atoms with Gasteiger partial charge in [-0.25, -0.2) is 9.78 Å². The molecule has 3 aromatic rings. The molecule has 1 unspecified atom stereocenters. The van der Waals surface area contributed by atoms with Crippen molar-refractivity contribution in [2.75, 3.05) is 14.1 Å². The van der Waals surface area contributed by atoms with Crippen molar-refractivity contribution in [3.63, 3.8) is 0 Å². The zero-order valence-electron chi connectivity index (χ0n) is 18.1. The van der Waals surface area contributed by atoms with Crippen molar-refractivity contribution in [3.05, 3.63) is 74.9 Å². The first-order chi connectivity index (χ1) is 15.2. The number of hydrogen-bond donors (Lipinski definition) is 1. The van der Waals surface area contributed by atoms with Crippen molar-refractivity contribution in [1.82, 2.24) is 9.88 Å². The highest BCUT2D eigenvalue weighted by molar-refractivity contribution is 6.35. The van der Waals surface area contributed by atoms with Gasteiger partial charge in [-0.3, -0.25) is 4.79 Å². The number of carbonyl (C=O) groups is 2. The summed E-state index contributed by atoms with van der Waals surface area (Å²) >= 11 is 12.3. The van der Waals surface area contributed by atoms with Crippen LogP contribution in [0.2, 0.25) is 10.0 Å². The Hall–Kier alpha value is -2.89. The summed E-state index contributed by atoms with van der Waals surface area (Å²) in [5, 5.41) is 11.7. The number of carbonyl (C=O) groups excluding carboxylic acids is 1. The third kappa shape index (κ3) is 5.29. The van der Waals surface area contributed by atoms with Gasteiger partial charge < -0.3 is 10.0 Å². The number of pyridine rings is 1. The van der Waals surface area contributed by atoms with E-state index in [0.717, 1.165) is 35.2 Å². The standard InChI is InChI=1S/C22H17Cl2NO2.C3H7NO/c1-12-8-14(10-13-6-7-15(23)11-18(13)24)21-17(9-12)20(22(26)27)16-4-2-3-5-19(16)25-21;1-4(2)3-5/h2-7,10-12H,8-9H2,1H3,(H,26,27);3H,1-2H3/b14-10-;. The van der Waals surface area contributed by atoms with Gasteiger partial charge in [-0.2, -0.15) is 0 Å². The van der Waals surface area contributed by atoms with Crippen LogP contribution in [0.25, 0.3) is 22.6 Å². The van der Waals surface area contributed by atoms with E-state index in [9.17, 15) is 14.7 Å². The Morgan fingerprint density at radius 3 is 2.47 bits per heavy atom. The Labute approximate surface area is 197 Å². The van der Waals surface area contributed by atoms with Gasteiger partial charge in [-0.15, -0.1) is 0 Å². The lowest BCUT2D eigenvalue weighted by molar-refractivity contribution is -0.115. The number of amides is 1. The summed E-state index contributed by atoms with van der Waals surface area (Å²) < 4.78 is 0. The first-order valence-corrected chi connectivity index (χ1v) is 10.9. The topological polar surface area (TPSA) is 70.5 Å². The number of rotatable bonds is 3. The largest absolute Gasteiger partial charge is 0.478 e. The van der Waals surface area contributed by atoms with Crippen LogP contribution in [0, 0.1) is 5.92 Å². The fourth-order valence-electron chi connectivity index (χ4n) is 3.79. The summed E-state index contributed by atoms with van der Waals surface area (Å²) in [6, 6.07) is 12.8. The van der Waals surface area contributed by atoms with Gasteiger partial charge in [-0.05, 0) is 59.7 Å². The van der Waals surface area contributed by atoms with E-state index in [1.807, 2.05) is 36.4 Å². The number of para-hydroxylation sites is 1. The van der Waals surface area contributed by atoms with E-state index < -0.39 is 5.97 Å². The molecule has 1 aliphatic carbocycles. The average Bonchev–Trinajstić information content (AvgIpc) is 2.74. The number of carboxylic acid groups (broad SMARTS) is 1. The van der Waals surface area contributed by atoms with E-state index in [-0.39, 0.29) is 0 Å². The zero-order valence-corrected chi connectivity index (χ0v) is 19.6. The molecule has 2 aromatic carbocycles. The predicted molar refractivity (Wildman–Crippen MR) is 130 cm³/mol. The van der Waals surface area contributed by atoms with Crippen LogP contribution in [0.15, 0.2) is 42.5 Å². The smallest absolute Gasteiger partial charge is 0.336 e. The molecule has 0 aliphatic heterocycles. The molecular formula is C25H24Cl2N2O3. The highest BCUT2D eigenvalue weighted by atomic mass is 35.5. The molecule has 0 saturated carbocycles. The monoisotopic (exact) mass is 470 g/mol. The van der Waals surface area contributed by atoms with Crippen LogP contribution < -0.4 is 0 Å². The molecule has 0 fully saturated rings. The first kappa shape index (κ1) is 23.8. The lowest BCUT2D eigenvalue weighted by atomic mass is 9.80. The normalized spacial score (nSPS) is 16.2. The fraction of sp³-hybridized carbons (Fsp3) is 0.240. The van der Waals surface area contributed by atoms with Crippen LogP contribution in [0.3, 0.4) is 0 Å². The molecule has 0 saturated heterocycles. The number of halogens is 2. The fourth-order valence-corrected chi connectivity index (χ4v) is 4.25. The number of allylic oxidation sites excluding steroid dienone is 1. The number of carboxylic acids is 1. The Morgan fingerprint density at radius 2 is 1.84 bits per heavy atom. The number of benzene rings is 2. The molecule has 1 aliphatic rings. The second-order valence-corrected chi connectivity index (χ2v) is 8.90. The molecule has 32 heavy (non-hydrogen) atoms. The van der Waals surface area contributed by atoms with Crippen LogP contribution >= 0.6 is 23.2 Å². The van der Waals surface area contributed by atoms with Crippen LogP contribution in [0.1, 0.15) is 40.5 Å². The molecule has 7 heteroatoms. The molecule has 1 aromatic heterocycles. The molecule has 0 spiro atoms. The highest BCUT2D eigenvalue weighted by Gasteiger charge is 2.28. The van der Waals surface area contributed by atoms with Gasteiger partial charge in [0, 0.05) is 29.5 Å². The van der Waals surface area contributed by atoms with E-state index in [2.05, 4.69) is 6.92 Å². The number of aromatic nitrogens is 1. The highest BCUT2D eigenvalue weighted by Crippen LogP contribution is 2.39. The van der Waals surface area contributed by atoms with Gasteiger partial charge in [0.05, 0.1) is 16.8 Å². The summed E-state index contributed by atoms with van der Waals surface area (Å²) in [5.41, 5.74) is 4.46. The maximum absolute atomic E-state index is 12.1. The summed E-state index contributed by atoms with van der Waals surface area (Å²) in [6.45, 7) is 2.13. The van der Waals surface area contributed by atoms with E-state index in [4.69, 9.17) is 28.2 Å². The third-order valence-electron chi connectivity index (χ3n) is 5.14. The first-order valence-electron chi connectivity index (χ1n) is 10.1. The number of hydrogen-bond acceptors (Lipinski definition) is 3. The summed E-state index contributed by atoms with van der Waals surface area (Å²) in [7, 11) is 3.38. The third-order valence-corrected chi connectivity index (χ3v) is 5.70. The average molecular weight is 471 g/mol. The maximum Gasteiger partial charge on any atom is 0.336 e. The Morgan fingerprint density at radius 1 is 1.16 bits per heavy atom. The molecule has 0 bridgehead atoms. The van der Waals surface area contributed by atoms with Crippen molar-refractivity contribution in [1.29, 1.82) is 0 Å².